The molecule has 0 saturated carbocycles. The van der Waals surface area contributed by atoms with Crippen LogP contribution >= 0.6 is 0 Å². The van der Waals surface area contributed by atoms with Gasteiger partial charge in [0.2, 0.25) is 15.9 Å². The summed E-state index contributed by atoms with van der Waals surface area (Å²) in [6.45, 7) is 7.45. The number of amides is 1. The Labute approximate surface area is 162 Å². The number of rotatable bonds is 7. The fourth-order valence-electron chi connectivity index (χ4n) is 2.63. The minimum absolute atomic E-state index is 0.130. The van der Waals surface area contributed by atoms with Gasteiger partial charge in [-0.1, -0.05) is 37.3 Å². The van der Waals surface area contributed by atoms with Crippen molar-refractivity contribution in [2.24, 2.45) is 0 Å². The molecule has 0 unspecified atom stereocenters. The zero-order valence-electron chi connectivity index (χ0n) is 16.4. The van der Waals surface area contributed by atoms with Crippen molar-refractivity contribution in [1.29, 1.82) is 0 Å². The molecule has 2 N–H and O–H groups in total. The molecule has 0 aliphatic heterocycles. The molecule has 146 valence electrons. The molecule has 0 aromatic heterocycles. The lowest BCUT2D eigenvalue weighted by Crippen LogP contribution is -2.40. The van der Waals surface area contributed by atoms with Crippen molar-refractivity contribution in [1.82, 2.24) is 4.72 Å². The third-order valence-corrected chi connectivity index (χ3v) is 5.70. The van der Waals surface area contributed by atoms with Crippen LogP contribution in [-0.2, 0) is 27.7 Å². The summed E-state index contributed by atoms with van der Waals surface area (Å²) in [4.78, 5) is 12.4. The van der Waals surface area contributed by atoms with Crippen LogP contribution in [0, 0.1) is 0 Å². The minimum atomic E-state index is -3.64. The van der Waals surface area contributed by atoms with E-state index in [9.17, 15) is 13.2 Å². The van der Waals surface area contributed by atoms with Crippen LogP contribution in [0.15, 0.2) is 53.4 Å². The molecule has 0 fully saturated rings. The summed E-state index contributed by atoms with van der Waals surface area (Å²) in [7, 11) is -3.64. The highest BCUT2D eigenvalue weighted by Gasteiger charge is 2.22. The van der Waals surface area contributed by atoms with Gasteiger partial charge in [-0.2, -0.15) is 0 Å². The number of hydrogen-bond acceptors (Lipinski definition) is 3. The molecule has 0 aliphatic rings. The van der Waals surface area contributed by atoms with E-state index in [1.165, 1.54) is 17.7 Å². The molecular weight excluding hydrogens is 360 g/mol. The first-order valence-corrected chi connectivity index (χ1v) is 10.6. The molecule has 27 heavy (non-hydrogen) atoms. The molecule has 0 atom stereocenters. The van der Waals surface area contributed by atoms with Crippen molar-refractivity contribution in [2.75, 3.05) is 5.32 Å². The molecule has 1 amide bonds. The Hall–Kier alpha value is -2.18. The lowest BCUT2D eigenvalue weighted by Gasteiger charge is -2.20. The third-order valence-electron chi connectivity index (χ3n) is 3.94. The molecule has 6 heteroatoms. The van der Waals surface area contributed by atoms with Gasteiger partial charge in [0.05, 0.1) is 4.90 Å². The zero-order chi connectivity index (χ0) is 20.1. The Bertz CT molecular complexity index is 882. The molecule has 0 bridgehead atoms. The number of carbonyl (C=O) groups excluding carboxylic acids is 1. The molecular formula is C21H28N2O3S. The normalized spacial score (nSPS) is 12.0. The average molecular weight is 389 g/mol. The SMILES string of the molecule is CCc1ccc(CCC(=O)Nc2cccc(S(=O)(=O)NC(C)(C)C)c2)cc1. The maximum Gasteiger partial charge on any atom is 0.241 e. The van der Waals surface area contributed by atoms with Crippen molar-refractivity contribution in [3.63, 3.8) is 0 Å². The average Bonchev–Trinajstić information content (AvgIpc) is 2.58. The van der Waals surface area contributed by atoms with Crippen LogP contribution in [0.1, 0.15) is 45.2 Å². The summed E-state index contributed by atoms with van der Waals surface area (Å²) in [6, 6.07) is 14.5. The Morgan fingerprint density at radius 3 is 2.22 bits per heavy atom. The van der Waals surface area contributed by atoms with Crippen LogP contribution in [0.3, 0.4) is 0 Å². The summed E-state index contributed by atoms with van der Waals surface area (Å²) in [5.41, 5.74) is 2.27. The smallest absolute Gasteiger partial charge is 0.241 e. The Balaban J connectivity index is 1.99. The highest BCUT2D eigenvalue weighted by molar-refractivity contribution is 7.89. The van der Waals surface area contributed by atoms with E-state index >= 15 is 0 Å². The lowest BCUT2D eigenvalue weighted by atomic mass is 10.1. The summed E-state index contributed by atoms with van der Waals surface area (Å²) in [5.74, 6) is -0.145. The first kappa shape index (κ1) is 21.1. The molecule has 0 radical (unpaired) electrons. The van der Waals surface area contributed by atoms with Gasteiger partial charge in [0.15, 0.2) is 0 Å². The molecule has 2 aromatic carbocycles. The maximum atomic E-state index is 12.4. The Morgan fingerprint density at radius 1 is 1.00 bits per heavy atom. The first-order valence-electron chi connectivity index (χ1n) is 9.11. The van der Waals surface area contributed by atoms with Crippen molar-refractivity contribution >= 4 is 21.6 Å². The molecule has 2 rings (SSSR count). The largest absolute Gasteiger partial charge is 0.326 e. The Kier molecular flexibility index (Phi) is 6.78. The van der Waals surface area contributed by atoms with Gasteiger partial charge >= 0.3 is 0 Å². The quantitative estimate of drug-likeness (QED) is 0.755. The van der Waals surface area contributed by atoms with Crippen molar-refractivity contribution < 1.29 is 13.2 Å². The summed E-state index contributed by atoms with van der Waals surface area (Å²) in [6.07, 6.45) is 1.96. The van der Waals surface area contributed by atoms with Gasteiger partial charge in [-0.3, -0.25) is 4.79 Å². The van der Waals surface area contributed by atoms with E-state index in [4.69, 9.17) is 0 Å². The number of aryl methyl sites for hydroxylation is 2. The van der Waals surface area contributed by atoms with E-state index in [0.717, 1.165) is 12.0 Å². The maximum absolute atomic E-state index is 12.4. The van der Waals surface area contributed by atoms with E-state index in [1.807, 2.05) is 12.1 Å². The second-order valence-corrected chi connectivity index (χ2v) is 9.28. The highest BCUT2D eigenvalue weighted by atomic mass is 32.2. The number of sulfonamides is 1. The van der Waals surface area contributed by atoms with Crippen LogP contribution in [0.4, 0.5) is 5.69 Å². The summed E-state index contributed by atoms with van der Waals surface area (Å²) in [5, 5.41) is 2.78. The van der Waals surface area contributed by atoms with Gasteiger partial charge < -0.3 is 5.32 Å². The topological polar surface area (TPSA) is 75.3 Å². The molecule has 0 spiro atoms. The predicted molar refractivity (Wildman–Crippen MR) is 109 cm³/mol. The molecule has 5 nitrogen and oxygen atoms in total. The Morgan fingerprint density at radius 2 is 1.63 bits per heavy atom. The number of anilines is 1. The number of nitrogens with one attached hydrogen (secondary N) is 2. The van der Waals surface area contributed by atoms with E-state index in [-0.39, 0.29) is 10.8 Å². The van der Waals surface area contributed by atoms with Crippen LogP contribution < -0.4 is 10.0 Å². The molecule has 0 saturated heterocycles. The standard InChI is InChI=1S/C21H28N2O3S/c1-5-16-9-11-17(12-10-16)13-14-20(24)22-18-7-6-8-19(15-18)27(25,26)23-21(2,3)4/h6-12,15,23H,5,13-14H2,1-4H3,(H,22,24). The van der Waals surface area contributed by atoms with Crippen molar-refractivity contribution in [2.45, 2.75) is 57.4 Å². The first-order chi connectivity index (χ1) is 12.6. The van der Waals surface area contributed by atoms with Gasteiger partial charge in [0.1, 0.15) is 0 Å². The van der Waals surface area contributed by atoms with Gasteiger partial charge in [-0.15, -0.1) is 0 Å². The van der Waals surface area contributed by atoms with Crippen molar-refractivity contribution in [3.05, 3.63) is 59.7 Å². The number of benzene rings is 2. The fourth-order valence-corrected chi connectivity index (χ4v) is 4.09. The van der Waals surface area contributed by atoms with Crippen molar-refractivity contribution in [3.8, 4) is 0 Å². The van der Waals surface area contributed by atoms with Crippen LogP contribution in [0.2, 0.25) is 0 Å². The van der Waals surface area contributed by atoms with Crippen LogP contribution in [-0.4, -0.2) is 19.9 Å². The molecule has 0 aliphatic carbocycles. The number of carbonyl (C=O) groups is 1. The fraction of sp³-hybridized carbons (Fsp3) is 0.381. The van der Waals surface area contributed by atoms with Gasteiger partial charge in [-0.05, 0) is 62.9 Å². The van der Waals surface area contributed by atoms with E-state index in [0.29, 0.717) is 18.5 Å². The summed E-state index contributed by atoms with van der Waals surface area (Å²) >= 11 is 0. The van der Waals surface area contributed by atoms with Crippen LogP contribution in [0.5, 0.6) is 0 Å². The molecule has 2 aromatic rings. The van der Waals surface area contributed by atoms with E-state index in [1.54, 1.807) is 32.9 Å². The molecule has 0 heterocycles. The second kappa shape index (κ2) is 8.67. The second-order valence-electron chi connectivity index (χ2n) is 7.60. The summed E-state index contributed by atoms with van der Waals surface area (Å²) < 4.78 is 27.5. The van der Waals surface area contributed by atoms with Gasteiger partial charge in [0.25, 0.3) is 0 Å². The van der Waals surface area contributed by atoms with Crippen LogP contribution in [0.25, 0.3) is 0 Å². The monoisotopic (exact) mass is 388 g/mol. The lowest BCUT2D eigenvalue weighted by molar-refractivity contribution is -0.116. The van der Waals surface area contributed by atoms with Gasteiger partial charge in [-0.25, -0.2) is 13.1 Å². The van der Waals surface area contributed by atoms with E-state index in [2.05, 4.69) is 29.1 Å². The highest BCUT2D eigenvalue weighted by Crippen LogP contribution is 2.18. The van der Waals surface area contributed by atoms with Gasteiger partial charge in [0, 0.05) is 17.6 Å². The zero-order valence-corrected chi connectivity index (χ0v) is 17.2. The number of hydrogen-bond donors (Lipinski definition) is 2. The van der Waals surface area contributed by atoms with E-state index < -0.39 is 15.6 Å². The minimum Gasteiger partial charge on any atom is -0.326 e. The third kappa shape index (κ3) is 6.81. The predicted octanol–water partition coefficient (Wildman–Crippen LogP) is 3.90.